The predicted octanol–water partition coefficient (Wildman–Crippen LogP) is 4.27. The molecule has 31 heavy (non-hydrogen) atoms. The third-order valence-corrected chi connectivity index (χ3v) is 8.18. The Morgan fingerprint density at radius 1 is 1.13 bits per heavy atom. The van der Waals surface area contributed by atoms with Crippen LogP contribution in [0.1, 0.15) is 33.9 Å². The molecule has 1 aliphatic carbocycles. The van der Waals surface area contributed by atoms with Crippen LogP contribution < -0.4 is 10.1 Å². The second-order valence-electron chi connectivity index (χ2n) is 7.59. The molecule has 1 N–H and O–H groups in total. The molecule has 1 amide bonds. The molecule has 1 aromatic carbocycles. The van der Waals surface area contributed by atoms with Crippen LogP contribution in [0.15, 0.2) is 31.8 Å². The molecule has 1 atom stereocenters. The normalized spacial score (nSPS) is 19.1. The van der Waals surface area contributed by atoms with Gasteiger partial charge < -0.3 is 10.1 Å². The van der Waals surface area contributed by atoms with Crippen molar-refractivity contribution in [2.45, 2.75) is 19.0 Å². The molecule has 2 heterocycles. The molecule has 1 fully saturated rings. The molecule has 0 spiro atoms. The van der Waals surface area contributed by atoms with Crippen molar-refractivity contribution in [2.24, 2.45) is 0 Å². The minimum atomic E-state index is -0.242. The first-order chi connectivity index (χ1) is 14.4. The van der Waals surface area contributed by atoms with Gasteiger partial charge in [-0.2, -0.15) is 0 Å². The number of ketones is 1. The Balaban J connectivity index is 0.00000272. The standard InChI is InChI=1S/C21H23Br2N3O3S.ClH/c1-29-14-4-2-13(3-5-14)11-25-6-8-26(9-7-25)12-17(28)24-15-10-16(27)19-18(15)20(22)30-21(19)23;/h2-5,15H,6-12H2,1H3,(H,24,28);1H. The number of nitrogens with one attached hydrogen (secondary N) is 1. The first kappa shape index (κ1) is 24.7. The fourth-order valence-electron chi connectivity index (χ4n) is 4.01. The van der Waals surface area contributed by atoms with E-state index in [2.05, 4.69) is 59.1 Å². The van der Waals surface area contributed by atoms with Gasteiger partial charge in [0.25, 0.3) is 0 Å². The molecule has 1 unspecified atom stereocenters. The number of nitrogens with zero attached hydrogens (tertiary/aromatic N) is 2. The molecule has 1 saturated heterocycles. The van der Waals surface area contributed by atoms with Crippen LogP contribution in [0.5, 0.6) is 5.75 Å². The Hall–Kier alpha value is -0.970. The largest absolute Gasteiger partial charge is 0.497 e. The number of fused-ring (bicyclic) bond motifs is 1. The molecule has 0 bridgehead atoms. The van der Waals surface area contributed by atoms with Crippen LogP contribution in [0.3, 0.4) is 0 Å². The highest BCUT2D eigenvalue weighted by atomic mass is 79.9. The van der Waals surface area contributed by atoms with Gasteiger partial charge in [-0.25, -0.2) is 0 Å². The van der Waals surface area contributed by atoms with E-state index in [4.69, 9.17) is 4.74 Å². The zero-order valence-electron chi connectivity index (χ0n) is 17.0. The average molecular weight is 594 g/mol. The van der Waals surface area contributed by atoms with Gasteiger partial charge in [-0.05, 0) is 49.6 Å². The van der Waals surface area contributed by atoms with Crippen LogP contribution in [0.2, 0.25) is 0 Å². The van der Waals surface area contributed by atoms with Gasteiger partial charge in [0.05, 0.1) is 27.3 Å². The first-order valence-corrected chi connectivity index (χ1v) is 12.2. The van der Waals surface area contributed by atoms with Crippen LogP contribution >= 0.6 is 55.6 Å². The lowest BCUT2D eigenvalue weighted by Gasteiger charge is -2.34. The maximum Gasteiger partial charge on any atom is 0.234 e. The lowest BCUT2D eigenvalue weighted by molar-refractivity contribution is -0.123. The molecular formula is C21H24Br2ClN3O3S. The summed E-state index contributed by atoms with van der Waals surface area (Å²) in [6, 6.07) is 7.92. The topological polar surface area (TPSA) is 61.9 Å². The van der Waals surface area contributed by atoms with Crippen LogP contribution in [0, 0.1) is 0 Å². The second kappa shape index (κ2) is 10.8. The summed E-state index contributed by atoms with van der Waals surface area (Å²) in [5.74, 6) is 0.919. The van der Waals surface area contributed by atoms with Crippen molar-refractivity contribution in [3.8, 4) is 5.75 Å². The Kier molecular flexibility index (Phi) is 8.57. The van der Waals surface area contributed by atoms with Crippen molar-refractivity contribution in [3.05, 3.63) is 48.5 Å². The van der Waals surface area contributed by atoms with E-state index in [9.17, 15) is 9.59 Å². The highest BCUT2D eigenvalue weighted by Crippen LogP contribution is 2.46. The Bertz CT molecular complexity index is 946. The number of carbonyl (C=O) groups is 2. The number of rotatable bonds is 6. The van der Waals surface area contributed by atoms with Gasteiger partial charge in [0, 0.05) is 50.3 Å². The van der Waals surface area contributed by atoms with Crippen molar-refractivity contribution in [3.63, 3.8) is 0 Å². The van der Waals surface area contributed by atoms with Crippen LogP contribution in [0.25, 0.3) is 0 Å². The lowest BCUT2D eigenvalue weighted by Crippen LogP contribution is -2.49. The number of benzene rings is 1. The number of hydrogen-bond donors (Lipinski definition) is 1. The number of halogens is 3. The second-order valence-corrected chi connectivity index (χ2v) is 11.2. The molecule has 6 nitrogen and oxygen atoms in total. The maximum absolute atomic E-state index is 12.6. The minimum absolute atomic E-state index is 0. The van der Waals surface area contributed by atoms with Gasteiger partial charge >= 0.3 is 0 Å². The predicted molar refractivity (Wildman–Crippen MR) is 132 cm³/mol. The van der Waals surface area contributed by atoms with Gasteiger partial charge in [0.1, 0.15) is 5.75 Å². The fraction of sp³-hybridized carbons (Fsp3) is 0.429. The van der Waals surface area contributed by atoms with Crippen LogP contribution in [0.4, 0.5) is 0 Å². The summed E-state index contributed by atoms with van der Waals surface area (Å²) < 4.78 is 6.95. The summed E-state index contributed by atoms with van der Waals surface area (Å²) in [6.45, 7) is 4.82. The van der Waals surface area contributed by atoms with Crippen molar-refractivity contribution >= 4 is 67.3 Å². The molecule has 0 radical (unpaired) electrons. The van der Waals surface area contributed by atoms with Crippen molar-refractivity contribution in [1.82, 2.24) is 15.1 Å². The minimum Gasteiger partial charge on any atom is -0.497 e. The number of hydrogen-bond acceptors (Lipinski definition) is 6. The zero-order valence-corrected chi connectivity index (χ0v) is 21.8. The molecular weight excluding hydrogens is 570 g/mol. The van der Waals surface area contributed by atoms with Crippen LogP contribution in [-0.4, -0.2) is 61.3 Å². The third-order valence-electron chi connectivity index (χ3n) is 5.61. The summed E-state index contributed by atoms with van der Waals surface area (Å²) in [6.07, 6.45) is 0.330. The van der Waals surface area contributed by atoms with E-state index in [1.165, 1.54) is 16.9 Å². The molecule has 10 heteroatoms. The van der Waals surface area contributed by atoms with E-state index in [-0.39, 0.29) is 30.1 Å². The summed E-state index contributed by atoms with van der Waals surface area (Å²) in [7, 11) is 1.67. The molecule has 2 aromatic rings. The van der Waals surface area contributed by atoms with Gasteiger partial charge in [-0.3, -0.25) is 19.4 Å². The van der Waals surface area contributed by atoms with Gasteiger partial charge in [0.15, 0.2) is 5.78 Å². The summed E-state index contributed by atoms with van der Waals surface area (Å²) in [5, 5.41) is 3.06. The quantitative estimate of drug-likeness (QED) is 0.543. The first-order valence-electron chi connectivity index (χ1n) is 9.82. The number of carbonyl (C=O) groups excluding carboxylic acids is 2. The summed E-state index contributed by atoms with van der Waals surface area (Å²) >= 11 is 8.47. The number of ether oxygens (including phenoxy) is 1. The maximum atomic E-state index is 12.6. The molecule has 0 saturated carbocycles. The highest BCUT2D eigenvalue weighted by molar-refractivity contribution is 9.12. The van der Waals surface area contributed by atoms with E-state index >= 15 is 0 Å². The van der Waals surface area contributed by atoms with Crippen LogP contribution in [-0.2, 0) is 11.3 Å². The SMILES string of the molecule is COc1ccc(CN2CCN(CC(=O)NC3CC(=O)c4c(Br)sc(Br)c43)CC2)cc1.Cl. The Labute approximate surface area is 209 Å². The fourth-order valence-corrected chi connectivity index (χ4v) is 7.38. The van der Waals surface area contributed by atoms with E-state index in [0.29, 0.717) is 18.5 Å². The molecule has 2 aliphatic rings. The lowest BCUT2D eigenvalue weighted by atomic mass is 10.2. The van der Waals surface area contributed by atoms with E-state index in [0.717, 1.165) is 51.6 Å². The summed E-state index contributed by atoms with van der Waals surface area (Å²) in [4.78, 5) is 29.5. The highest BCUT2D eigenvalue weighted by Gasteiger charge is 2.36. The van der Waals surface area contributed by atoms with Crippen molar-refractivity contribution in [2.75, 3.05) is 39.8 Å². The molecule has 4 rings (SSSR count). The monoisotopic (exact) mass is 591 g/mol. The van der Waals surface area contributed by atoms with E-state index in [1.54, 1.807) is 7.11 Å². The molecule has 1 aromatic heterocycles. The number of Topliss-reactive ketones (excluding diaryl/α,β-unsaturated/α-hetero) is 1. The van der Waals surface area contributed by atoms with Gasteiger partial charge in [-0.1, -0.05) is 12.1 Å². The van der Waals surface area contributed by atoms with Gasteiger partial charge in [0.2, 0.25) is 5.91 Å². The number of amides is 1. The third kappa shape index (κ3) is 5.69. The summed E-state index contributed by atoms with van der Waals surface area (Å²) in [5.41, 5.74) is 2.88. The van der Waals surface area contributed by atoms with Crippen molar-refractivity contribution < 1.29 is 14.3 Å². The van der Waals surface area contributed by atoms with Gasteiger partial charge in [-0.15, -0.1) is 23.7 Å². The Morgan fingerprint density at radius 2 is 1.77 bits per heavy atom. The van der Waals surface area contributed by atoms with E-state index in [1.807, 2.05) is 12.1 Å². The zero-order chi connectivity index (χ0) is 21.3. The Morgan fingerprint density at radius 3 is 2.42 bits per heavy atom. The number of piperazine rings is 1. The van der Waals surface area contributed by atoms with E-state index < -0.39 is 0 Å². The van der Waals surface area contributed by atoms with Crippen molar-refractivity contribution in [1.29, 1.82) is 0 Å². The molecule has 1 aliphatic heterocycles. The smallest absolute Gasteiger partial charge is 0.234 e. The number of thiophene rings is 1. The molecule has 168 valence electrons. The average Bonchev–Trinajstić information content (AvgIpc) is 3.21. The number of methoxy groups -OCH3 is 1.